The van der Waals surface area contributed by atoms with Crippen LogP contribution in [0.3, 0.4) is 0 Å². The number of aryl methyl sites for hydroxylation is 1. The Morgan fingerprint density at radius 3 is 2.61 bits per heavy atom. The highest BCUT2D eigenvalue weighted by Gasteiger charge is 2.41. The van der Waals surface area contributed by atoms with Gasteiger partial charge in [0, 0.05) is 29.6 Å². The van der Waals surface area contributed by atoms with Gasteiger partial charge in [0.15, 0.2) is 0 Å². The summed E-state index contributed by atoms with van der Waals surface area (Å²) in [6, 6.07) is 11.9. The van der Waals surface area contributed by atoms with Gasteiger partial charge in [-0.25, -0.2) is 0 Å². The van der Waals surface area contributed by atoms with Crippen LogP contribution in [-0.2, 0) is 9.59 Å². The predicted octanol–water partition coefficient (Wildman–Crippen LogP) is 3.69. The van der Waals surface area contributed by atoms with Gasteiger partial charge in [0.25, 0.3) is 0 Å². The van der Waals surface area contributed by atoms with Gasteiger partial charge in [-0.2, -0.15) is 0 Å². The predicted molar refractivity (Wildman–Crippen MR) is 117 cm³/mol. The number of anilines is 1. The van der Waals surface area contributed by atoms with Gasteiger partial charge in [0.1, 0.15) is 0 Å². The SMILES string of the molecule is CNC(C)CNC(=O)C1CCC(=O)N(c2ccc(C)cc2)C1c1cccs1.Cl. The monoisotopic (exact) mass is 421 g/mol. The lowest BCUT2D eigenvalue weighted by atomic mass is 9.86. The van der Waals surface area contributed by atoms with E-state index >= 15 is 0 Å². The van der Waals surface area contributed by atoms with Crippen LogP contribution in [0, 0.1) is 12.8 Å². The molecular weight excluding hydrogens is 394 g/mol. The zero-order valence-electron chi connectivity index (χ0n) is 16.5. The smallest absolute Gasteiger partial charge is 0.227 e. The summed E-state index contributed by atoms with van der Waals surface area (Å²) in [5.74, 6) is -0.170. The average Bonchev–Trinajstić information content (AvgIpc) is 3.20. The van der Waals surface area contributed by atoms with Crippen LogP contribution in [0.2, 0.25) is 0 Å². The summed E-state index contributed by atoms with van der Waals surface area (Å²) >= 11 is 1.60. The fraction of sp³-hybridized carbons (Fsp3) is 0.429. The lowest BCUT2D eigenvalue weighted by Crippen LogP contribution is -2.49. The second-order valence-electron chi connectivity index (χ2n) is 7.14. The molecule has 152 valence electrons. The first-order valence-electron chi connectivity index (χ1n) is 9.38. The molecule has 0 spiro atoms. The van der Waals surface area contributed by atoms with E-state index in [1.54, 1.807) is 11.3 Å². The van der Waals surface area contributed by atoms with Crippen LogP contribution in [0.4, 0.5) is 5.69 Å². The van der Waals surface area contributed by atoms with Gasteiger partial charge in [-0.3, -0.25) is 9.59 Å². The second-order valence-corrected chi connectivity index (χ2v) is 8.12. The zero-order chi connectivity index (χ0) is 19.4. The second kappa shape index (κ2) is 10.0. The van der Waals surface area contributed by atoms with Crippen LogP contribution in [0.5, 0.6) is 0 Å². The number of benzene rings is 1. The fourth-order valence-electron chi connectivity index (χ4n) is 3.45. The maximum Gasteiger partial charge on any atom is 0.227 e. The molecule has 0 saturated carbocycles. The highest BCUT2D eigenvalue weighted by Crippen LogP contribution is 2.41. The maximum atomic E-state index is 13.0. The van der Waals surface area contributed by atoms with Gasteiger partial charge >= 0.3 is 0 Å². The summed E-state index contributed by atoms with van der Waals surface area (Å²) < 4.78 is 0. The van der Waals surface area contributed by atoms with Crippen LogP contribution in [0.25, 0.3) is 0 Å². The van der Waals surface area contributed by atoms with E-state index in [0.717, 1.165) is 16.1 Å². The largest absolute Gasteiger partial charge is 0.354 e. The molecule has 1 aliphatic rings. The lowest BCUT2D eigenvalue weighted by Gasteiger charge is -2.40. The Morgan fingerprint density at radius 1 is 1.29 bits per heavy atom. The van der Waals surface area contributed by atoms with Gasteiger partial charge < -0.3 is 15.5 Å². The molecule has 3 unspecified atom stereocenters. The molecule has 3 rings (SSSR count). The molecule has 1 fully saturated rings. The van der Waals surface area contributed by atoms with Crippen molar-refractivity contribution in [3.8, 4) is 0 Å². The van der Waals surface area contributed by atoms with Gasteiger partial charge in [0.2, 0.25) is 11.8 Å². The quantitative estimate of drug-likeness (QED) is 0.747. The van der Waals surface area contributed by atoms with Crippen molar-refractivity contribution in [3.63, 3.8) is 0 Å². The minimum Gasteiger partial charge on any atom is -0.354 e. The first-order chi connectivity index (χ1) is 13.0. The van der Waals surface area contributed by atoms with E-state index in [1.807, 2.05) is 67.6 Å². The number of nitrogens with one attached hydrogen (secondary N) is 2. The Kier molecular flexibility index (Phi) is 8.04. The van der Waals surface area contributed by atoms with Crippen LogP contribution < -0.4 is 15.5 Å². The van der Waals surface area contributed by atoms with Gasteiger partial charge in [-0.1, -0.05) is 23.8 Å². The molecule has 2 heterocycles. The molecule has 2 amide bonds. The third kappa shape index (κ3) is 4.93. The number of hydrogen-bond acceptors (Lipinski definition) is 4. The van der Waals surface area contributed by atoms with Crippen molar-refractivity contribution in [2.45, 2.75) is 38.8 Å². The number of hydrogen-bond donors (Lipinski definition) is 2. The molecule has 1 aromatic carbocycles. The molecule has 2 N–H and O–H groups in total. The van der Waals surface area contributed by atoms with Crippen LogP contribution in [0.1, 0.15) is 36.2 Å². The molecule has 0 bridgehead atoms. The number of amides is 2. The molecule has 3 atom stereocenters. The number of carbonyl (C=O) groups is 2. The Labute approximate surface area is 176 Å². The topological polar surface area (TPSA) is 61.4 Å². The molecule has 0 aliphatic carbocycles. The summed E-state index contributed by atoms with van der Waals surface area (Å²) in [5, 5.41) is 8.19. The minimum absolute atomic E-state index is 0. The first kappa shape index (κ1) is 22.4. The summed E-state index contributed by atoms with van der Waals surface area (Å²) in [5.41, 5.74) is 2.00. The van der Waals surface area contributed by atoms with Crippen LogP contribution in [-0.4, -0.2) is 31.4 Å². The molecule has 1 saturated heterocycles. The Balaban J connectivity index is 0.00000280. The number of rotatable bonds is 6. The van der Waals surface area contributed by atoms with Crippen molar-refractivity contribution < 1.29 is 9.59 Å². The third-order valence-electron chi connectivity index (χ3n) is 5.16. The number of carbonyl (C=O) groups excluding carboxylic acids is 2. The molecule has 2 aromatic rings. The summed E-state index contributed by atoms with van der Waals surface area (Å²) in [7, 11) is 1.88. The van der Waals surface area contributed by atoms with E-state index < -0.39 is 0 Å². The number of likely N-dealkylation sites (N-methyl/N-ethyl adjacent to an activating group) is 1. The normalized spacial score (nSPS) is 20.4. The number of nitrogens with zero attached hydrogens (tertiary/aromatic N) is 1. The van der Waals surface area contributed by atoms with E-state index in [1.165, 1.54) is 0 Å². The standard InChI is InChI=1S/C21H27N3O2S.ClH/c1-14-6-8-16(9-7-14)24-19(25)11-10-17(20(24)18-5-4-12-27-18)21(26)23-13-15(2)22-3;/h4-9,12,15,17,20,22H,10-11,13H2,1-3H3,(H,23,26);1H. The summed E-state index contributed by atoms with van der Waals surface area (Å²) in [4.78, 5) is 28.7. The Morgan fingerprint density at radius 2 is 2.00 bits per heavy atom. The Hall–Kier alpha value is -1.89. The van der Waals surface area contributed by atoms with E-state index in [9.17, 15) is 9.59 Å². The first-order valence-corrected chi connectivity index (χ1v) is 10.3. The highest BCUT2D eigenvalue weighted by molar-refractivity contribution is 7.10. The molecule has 1 aliphatic heterocycles. The molecule has 1 aromatic heterocycles. The summed E-state index contributed by atoms with van der Waals surface area (Å²) in [6.45, 7) is 4.62. The Bertz CT molecular complexity index is 779. The van der Waals surface area contributed by atoms with E-state index in [-0.39, 0.29) is 42.2 Å². The van der Waals surface area contributed by atoms with Crippen molar-refractivity contribution >= 4 is 41.2 Å². The van der Waals surface area contributed by atoms with Crippen LogP contribution >= 0.6 is 23.7 Å². The van der Waals surface area contributed by atoms with Gasteiger partial charge in [-0.15, -0.1) is 23.7 Å². The molecule has 28 heavy (non-hydrogen) atoms. The number of halogens is 1. The molecule has 5 nitrogen and oxygen atoms in total. The molecular formula is C21H28ClN3O2S. The molecule has 0 radical (unpaired) electrons. The summed E-state index contributed by atoms with van der Waals surface area (Å²) in [6.07, 6.45) is 0.957. The van der Waals surface area contributed by atoms with Crippen molar-refractivity contribution in [1.82, 2.24) is 10.6 Å². The van der Waals surface area contributed by atoms with Gasteiger partial charge in [-0.05, 0) is 50.9 Å². The minimum atomic E-state index is -0.265. The van der Waals surface area contributed by atoms with Crippen molar-refractivity contribution in [2.75, 3.05) is 18.5 Å². The van der Waals surface area contributed by atoms with Crippen molar-refractivity contribution in [1.29, 1.82) is 0 Å². The number of piperidine rings is 1. The zero-order valence-corrected chi connectivity index (χ0v) is 18.1. The number of thiophene rings is 1. The average molecular weight is 422 g/mol. The highest BCUT2D eigenvalue weighted by atomic mass is 35.5. The third-order valence-corrected chi connectivity index (χ3v) is 6.10. The van der Waals surface area contributed by atoms with E-state index in [2.05, 4.69) is 10.6 Å². The van der Waals surface area contributed by atoms with E-state index in [4.69, 9.17) is 0 Å². The van der Waals surface area contributed by atoms with Crippen molar-refractivity contribution in [2.24, 2.45) is 5.92 Å². The lowest BCUT2D eigenvalue weighted by molar-refractivity contribution is -0.129. The van der Waals surface area contributed by atoms with Gasteiger partial charge in [0.05, 0.1) is 12.0 Å². The fourth-order valence-corrected chi connectivity index (χ4v) is 4.33. The van der Waals surface area contributed by atoms with Crippen LogP contribution in [0.15, 0.2) is 41.8 Å². The van der Waals surface area contributed by atoms with Crippen molar-refractivity contribution in [3.05, 3.63) is 52.2 Å². The van der Waals surface area contributed by atoms with E-state index in [0.29, 0.717) is 19.4 Å². The molecule has 7 heteroatoms. The maximum absolute atomic E-state index is 13.0.